The monoisotopic (exact) mass is 105 g/mol. The molecule has 0 aliphatic carbocycles. The first kappa shape index (κ1) is 4.41. The van der Waals surface area contributed by atoms with Crippen LogP contribution in [0.5, 0.6) is 0 Å². The lowest BCUT2D eigenvalue weighted by Crippen LogP contribution is -2.28. The van der Waals surface area contributed by atoms with Gasteiger partial charge in [-0.15, -0.1) is 11.6 Å². The zero-order chi connectivity index (χ0) is 4.41. The lowest BCUT2D eigenvalue weighted by atomic mass is 10.2. The molecular weight excluding hydrogens is 99.5 g/mol. The third-order valence-electron chi connectivity index (χ3n) is 0.821. The van der Waals surface area contributed by atoms with E-state index in [1.54, 1.807) is 0 Å². The second kappa shape index (κ2) is 1.80. The number of hydrogen-bond donors (Lipinski definition) is 0. The van der Waals surface area contributed by atoms with Crippen molar-refractivity contribution in [2.24, 2.45) is 0 Å². The molecule has 1 saturated heterocycles. The topological polar surface area (TPSA) is 9.23 Å². The van der Waals surface area contributed by atoms with Gasteiger partial charge in [0.1, 0.15) is 0 Å². The van der Waals surface area contributed by atoms with Gasteiger partial charge in [-0.3, -0.25) is 0 Å². The molecule has 0 aromatic carbocycles. The lowest BCUT2D eigenvalue weighted by Gasteiger charge is -2.22. The Kier molecular flexibility index (Phi) is 1.33. The molecule has 1 heterocycles. The SMILES string of the molecule is ClCC1[CH]CO1. The van der Waals surface area contributed by atoms with Crippen molar-refractivity contribution in [3.63, 3.8) is 0 Å². The fourth-order valence-electron chi connectivity index (χ4n) is 0.340. The van der Waals surface area contributed by atoms with Gasteiger partial charge in [0.2, 0.25) is 0 Å². The summed E-state index contributed by atoms with van der Waals surface area (Å²) < 4.78 is 4.89. The molecule has 6 heavy (non-hydrogen) atoms. The Morgan fingerprint density at radius 3 is 2.67 bits per heavy atom. The van der Waals surface area contributed by atoms with Crippen LogP contribution in [0.15, 0.2) is 0 Å². The van der Waals surface area contributed by atoms with Gasteiger partial charge in [0.05, 0.1) is 12.7 Å². The van der Waals surface area contributed by atoms with Gasteiger partial charge in [0.25, 0.3) is 0 Å². The van der Waals surface area contributed by atoms with Crippen LogP contribution in [0.4, 0.5) is 0 Å². The van der Waals surface area contributed by atoms with Crippen molar-refractivity contribution in [1.29, 1.82) is 0 Å². The maximum Gasteiger partial charge on any atom is 0.0765 e. The Hall–Kier alpha value is 0.250. The quantitative estimate of drug-likeness (QED) is 0.449. The summed E-state index contributed by atoms with van der Waals surface area (Å²) in [6.07, 6.45) is 2.30. The van der Waals surface area contributed by atoms with Crippen LogP contribution in [0, 0.1) is 6.42 Å². The van der Waals surface area contributed by atoms with Gasteiger partial charge < -0.3 is 4.74 Å². The van der Waals surface area contributed by atoms with Crippen molar-refractivity contribution in [2.45, 2.75) is 6.10 Å². The fourth-order valence-corrected chi connectivity index (χ4v) is 0.555. The summed E-state index contributed by atoms with van der Waals surface area (Å²) in [5, 5.41) is 0. The molecule has 0 bridgehead atoms. The molecule has 1 unspecified atom stereocenters. The van der Waals surface area contributed by atoms with Gasteiger partial charge in [-0.2, -0.15) is 0 Å². The Balaban J connectivity index is 2.01. The van der Waals surface area contributed by atoms with Crippen molar-refractivity contribution in [1.82, 2.24) is 0 Å². The van der Waals surface area contributed by atoms with E-state index in [1.165, 1.54) is 0 Å². The minimum Gasteiger partial charge on any atom is -0.376 e. The van der Waals surface area contributed by atoms with E-state index < -0.39 is 0 Å². The van der Waals surface area contributed by atoms with E-state index >= 15 is 0 Å². The molecule has 0 N–H and O–H groups in total. The highest BCUT2D eigenvalue weighted by molar-refractivity contribution is 6.18. The summed E-state index contributed by atoms with van der Waals surface area (Å²) >= 11 is 5.35. The number of rotatable bonds is 1. The minimum atomic E-state index is 0.256. The third-order valence-corrected chi connectivity index (χ3v) is 1.13. The highest BCUT2D eigenvalue weighted by atomic mass is 35.5. The van der Waals surface area contributed by atoms with Gasteiger partial charge >= 0.3 is 0 Å². The van der Waals surface area contributed by atoms with Crippen LogP contribution in [-0.2, 0) is 4.74 Å². The Bertz CT molecular complexity index is 40.1. The Labute approximate surface area is 42.2 Å². The van der Waals surface area contributed by atoms with Crippen molar-refractivity contribution in [3.05, 3.63) is 6.42 Å². The molecule has 1 rings (SSSR count). The first-order valence-corrected chi connectivity index (χ1v) is 2.48. The summed E-state index contributed by atoms with van der Waals surface area (Å²) in [5.74, 6) is 0.611. The molecule has 2 heteroatoms. The molecule has 1 radical (unpaired) electrons. The van der Waals surface area contributed by atoms with Crippen LogP contribution in [0.3, 0.4) is 0 Å². The average molecular weight is 106 g/mol. The van der Waals surface area contributed by atoms with Crippen LogP contribution in [-0.4, -0.2) is 18.6 Å². The molecule has 0 amide bonds. The van der Waals surface area contributed by atoms with E-state index in [9.17, 15) is 0 Å². The highest BCUT2D eigenvalue weighted by Gasteiger charge is 2.15. The van der Waals surface area contributed by atoms with Crippen LogP contribution in [0.1, 0.15) is 0 Å². The van der Waals surface area contributed by atoms with E-state index in [0.717, 1.165) is 6.61 Å². The normalized spacial score (nSPS) is 32.5. The maximum atomic E-state index is 5.35. The lowest BCUT2D eigenvalue weighted by molar-refractivity contribution is 0.0247. The standard InChI is InChI=1S/C4H6ClO/c5-3-4-1-2-6-4/h1,4H,2-3H2. The van der Waals surface area contributed by atoms with Gasteiger partial charge in [0.15, 0.2) is 0 Å². The van der Waals surface area contributed by atoms with Crippen molar-refractivity contribution < 1.29 is 4.74 Å². The van der Waals surface area contributed by atoms with Crippen LogP contribution in [0.2, 0.25) is 0 Å². The molecule has 0 aromatic rings. The minimum absolute atomic E-state index is 0.256. The van der Waals surface area contributed by atoms with Gasteiger partial charge in [-0.1, -0.05) is 0 Å². The second-order valence-corrected chi connectivity index (χ2v) is 1.57. The summed E-state index contributed by atoms with van der Waals surface area (Å²) in [4.78, 5) is 0. The van der Waals surface area contributed by atoms with E-state index in [0.29, 0.717) is 5.88 Å². The van der Waals surface area contributed by atoms with E-state index in [4.69, 9.17) is 16.3 Å². The molecule has 0 spiro atoms. The van der Waals surface area contributed by atoms with Crippen LogP contribution < -0.4 is 0 Å². The van der Waals surface area contributed by atoms with Crippen molar-refractivity contribution >= 4 is 11.6 Å². The Morgan fingerprint density at radius 1 is 2.00 bits per heavy atom. The average Bonchev–Trinajstić information content (AvgIpc) is 1.31. The molecule has 0 aromatic heterocycles. The zero-order valence-corrected chi connectivity index (χ0v) is 4.11. The number of ether oxygens (including phenoxy) is 1. The number of hydrogen-bond acceptors (Lipinski definition) is 1. The van der Waals surface area contributed by atoms with Gasteiger partial charge in [-0.25, -0.2) is 0 Å². The molecule has 1 aliphatic rings. The first-order valence-electron chi connectivity index (χ1n) is 1.94. The molecule has 0 saturated carbocycles. The fraction of sp³-hybridized carbons (Fsp3) is 0.750. The zero-order valence-electron chi connectivity index (χ0n) is 3.36. The number of alkyl halides is 1. The smallest absolute Gasteiger partial charge is 0.0765 e. The summed E-state index contributed by atoms with van der Waals surface area (Å²) in [6, 6.07) is 0. The first-order chi connectivity index (χ1) is 2.93. The molecular formula is C4H6ClO. The largest absolute Gasteiger partial charge is 0.376 e. The molecule has 1 nitrogen and oxygen atoms in total. The van der Waals surface area contributed by atoms with Crippen molar-refractivity contribution in [3.8, 4) is 0 Å². The predicted octanol–water partition coefficient (Wildman–Crippen LogP) is 0.828. The van der Waals surface area contributed by atoms with E-state index in [2.05, 4.69) is 0 Å². The predicted molar refractivity (Wildman–Crippen MR) is 24.8 cm³/mol. The molecule has 35 valence electrons. The van der Waals surface area contributed by atoms with E-state index in [-0.39, 0.29) is 6.10 Å². The number of halogens is 1. The van der Waals surface area contributed by atoms with Gasteiger partial charge in [0, 0.05) is 12.3 Å². The molecule has 1 fully saturated rings. The highest BCUT2D eigenvalue weighted by Crippen LogP contribution is 2.09. The van der Waals surface area contributed by atoms with E-state index in [1.807, 2.05) is 6.42 Å². The maximum absolute atomic E-state index is 5.35. The van der Waals surface area contributed by atoms with Gasteiger partial charge in [-0.05, 0) is 0 Å². The summed E-state index contributed by atoms with van der Waals surface area (Å²) in [6.45, 7) is 0.789. The summed E-state index contributed by atoms with van der Waals surface area (Å²) in [7, 11) is 0. The second-order valence-electron chi connectivity index (χ2n) is 1.26. The summed E-state index contributed by atoms with van der Waals surface area (Å²) in [5.41, 5.74) is 0. The van der Waals surface area contributed by atoms with Crippen LogP contribution >= 0.6 is 11.6 Å². The third kappa shape index (κ3) is 0.660. The van der Waals surface area contributed by atoms with Crippen LogP contribution in [0.25, 0.3) is 0 Å². The molecule has 1 atom stereocenters. The molecule has 1 aliphatic heterocycles. The Morgan fingerprint density at radius 2 is 2.67 bits per heavy atom. The van der Waals surface area contributed by atoms with Crippen molar-refractivity contribution in [2.75, 3.05) is 12.5 Å².